The van der Waals surface area contributed by atoms with E-state index in [0.29, 0.717) is 22.7 Å². The molecular weight excluding hydrogens is 466 g/mol. The van der Waals surface area contributed by atoms with Gasteiger partial charge in [-0.15, -0.1) is 0 Å². The van der Waals surface area contributed by atoms with Gasteiger partial charge in [0.25, 0.3) is 11.7 Å². The average molecular weight is 498 g/mol. The van der Waals surface area contributed by atoms with Crippen molar-refractivity contribution in [3.63, 3.8) is 0 Å². The van der Waals surface area contributed by atoms with E-state index < -0.39 is 17.7 Å². The highest BCUT2D eigenvalue weighted by Gasteiger charge is 2.47. The number of hydrogen-bond donors (Lipinski definition) is 1. The predicted molar refractivity (Wildman–Crippen MR) is 144 cm³/mol. The van der Waals surface area contributed by atoms with E-state index in [1.165, 1.54) is 24.2 Å². The number of aliphatic hydroxyl groups is 1. The number of aliphatic hydroxyl groups excluding tert-OH is 1. The molecule has 7 nitrogen and oxygen atoms in total. The molecule has 2 aliphatic heterocycles. The molecule has 3 heterocycles. The first-order valence-electron chi connectivity index (χ1n) is 12.8. The van der Waals surface area contributed by atoms with Crippen molar-refractivity contribution in [1.82, 2.24) is 4.98 Å². The zero-order valence-electron chi connectivity index (χ0n) is 21.1. The van der Waals surface area contributed by atoms with Gasteiger partial charge in [0.15, 0.2) is 0 Å². The fourth-order valence-corrected chi connectivity index (χ4v) is 5.04. The molecule has 2 aromatic carbocycles. The molecule has 7 heteroatoms. The second kappa shape index (κ2) is 10.5. The molecular formula is C30H31N3O4. The molecule has 0 bridgehead atoms. The van der Waals surface area contributed by atoms with Crippen molar-refractivity contribution in [2.45, 2.75) is 45.3 Å². The van der Waals surface area contributed by atoms with Crippen molar-refractivity contribution < 1.29 is 19.4 Å². The van der Waals surface area contributed by atoms with Crippen LogP contribution in [0.2, 0.25) is 0 Å². The van der Waals surface area contributed by atoms with Crippen molar-refractivity contribution in [3.05, 3.63) is 89.8 Å². The van der Waals surface area contributed by atoms with Crippen molar-refractivity contribution in [2.24, 2.45) is 0 Å². The predicted octanol–water partition coefficient (Wildman–Crippen LogP) is 5.49. The molecule has 1 aromatic heterocycles. The summed E-state index contributed by atoms with van der Waals surface area (Å²) in [6.45, 7) is 5.85. The largest absolute Gasteiger partial charge is 0.507 e. The molecule has 0 saturated carbocycles. The molecule has 1 N–H and O–H groups in total. The molecule has 2 aliphatic rings. The summed E-state index contributed by atoms with van der Waals surface area (Å²) in [6, 6.07) is 19.1. The van der Waals surface area contributed by atoms with Crippen LogP contribution >= 0.6 is 0 Å². The van der Waals surface area contributed by atoms with Gasteiger partial charge < -0.3 is 14.7 Å². The minimum absolute atomic E-state index is 0.00510. The molecule has 0 aliphatic carbocycles. The number of hydrogen-bond acceptors (Lipinski definition) is 6. The first kappa shape index (κ1) is 24.6. The number of piperidine rings is 1. The van der Waals surface area contributed by atoms with Crippen LogP contribution in [0.3, 0.4) is 0 Å². The Morgan fingerprint density at radius 2 is 1.68 bits per heavy atom. The van der Waals surface area contributed by atoms with E-state index in [2.05, 4.69) is 9.88 Å². The lowest BCUT2D eigenvalue weighted by molar-refractivity contribution is -0.132. The standard InChI is InChI=1S/C30H31N3O4/c1-20(2)37-24-10-8-9-21(19-24)28(34)26-27(25-11-4-5-16-31-25)33(30(36)29(26)35)23-14-12-22(13-15-23)32-17-6-3-7-18-32/h4-5,8-16,19-20,27,34H,3,6-7,17-18H2,1-2H3/b28-26+. The van der Waals surface area contributed by atoms with Crippen LogP contribution in [0.15, 0.2) is 78.5 Å². The summed E-state index contributed by atoms with van der Waals surface area (Å²) in [4.78, 5) is 35.0. The Hall–Kier alpha value is -4.13. The maximum Gasteiger partial charge on any atom is 0.300 e. The number of aromatic nitrogens is 1. The van der Waals surface area contributed by atoms with E-state index in [1.807, 2.05) is 38.1 Å². The van der Waals surface area contributed by atoms with Gasteiger partial charge in [0.2, 0.25) is 0 Å². The highest BCUT2D eigenvalue weighted by atomic mass is 16.5. The fraction of sp³-hybridized carbons (Fsp3) is 0.300. The van der Waals surface area contributed by atoms with Crippen LogP contribution in [-0.4, -0.2) is 41.0 Å². The van der Waals surface area contributed by atoms with Gasteiger partial charge in [0.05, 0.1) is 17.4 Å². The number of amides is 1. The SMILES string of the molecule is CC(C)Oc1cccc(/C(O)=C2\C(=O)C(=O)N(c3ccc(N4CCCCC4)cc3)C2c2ccccn2)c1. The molecule has 5 rings (SSSR count). The van der Waals surface area contributed by atoms with Crippen LogP contribution in [0.5, 0.6) is 5.75 Å². The molecule has 1 atom stereocenters. The van der Waals surface area contributed by atoms with Crippen molar-refractivity contribution in [1.29, 1.82) is 0 Å². The fourth-order valence-electron chi connectivity index (χ4n) is 5.04. The number of pyridine rings is 1. The van der Waals surface area contributed by atoms with Crippen LogP contribution in [0.4, 0.5) is 11.4 Å². The number of ether oxygens (including phenoxy) is 1. The summed E-state index contributed by atoms with van der Waals surface area (Å²) < 4.78 is 5.77. The lowest BCUT2D eigenvalue weighted by Crippen LogP contribution is -2.31. The van der Waals surface area contributed by atoms with Crippen molar-refractivity contribution in [2.75, 3.05) is 22.9 Å². The average Bonchev–Trinajstić information content (AvgIpc) is 3.19. The molecule has 1 unspecified atom stereocenters. The third-order valence-corrected chi connectivity index (χ3v) is 6.74. The number of carbonyl (C=O) groups is 2. The van der Waals surface area contributed by atoms with Crippen LogP contribution < -0.4 is 14.5 Å². The summed E-state index contributed by atoms with van der Waals surface area (Å²) in [5, 5.41) is 11.4. The van der Waals surface area contributed by atoms with Gasteiger partial charge in [-0.3, -0.25) is 19.5 Å². The molecule has 0 radical (unpaired) electrons. The highest BCUT2D eigenvalue weighted by molar-refractivity contribution is 6.51. The van der Waals surface area contributed by atoms with E-state index in [-0.39, 0.29) is 17.4 Å². The second-order valence-corrected chi connectivity index (χ2v) is 9.68. The summed E-state index contributed by atoms with van der Waals surface area (Å²) in [7, 11) is 0. The smallest absolute Gasteiger partial charge is 0.300 e. The van der Waals surface area contributed by atoms with Gasteiger partial charge in [-0.1, -0.05) is 18.2 Å². The Labute approximate surface area is 217 Å². The Bertz CT molecular complexity index is 1310. The van der Waals surface area contributed by atoms with E-state index in [9.17, 15) is 14.7 Å². The minimum Gasteiger partial charge on any atom is -0.507 e. The van der Waals surface area contributed by atoms with Gasteiger partial charge in [-0.2, -0.15) is 0 Å². The Morgan fingerprint density at radius 1 is 0.946 bits per heavy atom. The summed E-state index contributed by atoms with van der Waals surface area (Å²) >= 11 is 0. The Morgan fingerprint density at radius 3 is 2.35 bits per heavy atom. The zero-order chi connectivity index (χ0) is 25.9. The number of nitrogens with zero attached hydrogens (tertiary/aromatic N) is 3. The molecule has 1 amide bonds. The number of carbonyl (C=O) groups excluding carboxylic acids is 2. The molecule has 37 heavy (non-hydrogen) atoms. The van der Waals surface area contributed by atoms with Gasteiger partial charge in [-0.25, -0.2) is 0 Å². The van der Waals surface area contributed by atoms with Crippen LogP contribution in [0.1, 0.15) is 50.4 Å². The van der Waals surface area contributed by atoms with Gasteiger partial charge >= 0.3 is 0 Å². The van der Waals surface area contributed by atoms with Crippen LogP contribution in [0, 0.1) is 0 Å². The van der Waals surface area contributed by atoms with Crippen LogP contribution in [0.25, 0.3) is 5.76 Å². The maximum absolute atomic E-state index is 13.4. The lowest BCUT2D eigenvalue weighted by Gasteiger charge is -2.30. The third-order valence-electron chi connectivity index (χ3n) is 6.74. The normalized spacial score (nSPS) is 19.5. The van der Waals surface area contributed by atoms with Gasteiger partial charge in [-0.05, 0) is 81.6 Å². The summed E-state index contributed by atoms with van der Waals surface area (Å²) in [5.74, 6) is -1.13. The molecule has 190 valence electrons. The monoisotopic (exact) mass is 497 g/mol. The lowest BCUT2D eigenvalue weighted by atomic mass is 9.98. The molecule has 2 saturated heterocycles. The highest BCUT2D eigenvalue weighted by Crippen LogP contribution is 2.42. The summed E-state index contributed by atoms with van der Waals surface area (Å²) in [5.41, 5.74) is 2.58. The van der Waals surface area contributed by atoms with Gasteiger partial charge in [0.1, 0.15) is 17.6 Å². The van der Waals surface area contributed by atoms with E-state index in [4.69, 9.17) is 4.74 Å². The molecule has 0 spiro atoms. The number of rotatable bonds is 6. The number of benzene rings is 2. The first-order chi connectivity index (χ1) is 17.9. The maximum atomic E-state index is 13.4. The quantitative estimate of drug-likeness (QED) is 0.276. The Balaban J connectivity index is 1.57. The van der Waals surface area contributed by atoms with Crippen LogP contribution in [-0.2, 0) is 9.59 Å². The number of Topliss-reactive ketones (excluding diaryl/α,β-unsaturated/α-hetero) is 1. The third kappa shape index (κ3) is 4.94. The topological polar surface area (TPSA) is 83.0 Å². The minimum atomic E-state index is -0.864. The van der Waals surface area contributed by atoms with E-state index in [1.54, 1.807) is 48.7 Å². The number of ketones is 1. The molecule has 2 fully saturated rings. The van der Waals surface area contributed by atoms with Crippen molar-refractivity contribution in [3.8, 4) is 5.75 Å². The summed E-state index contributed by atoms with van der Waals surface area (Å²) in [6.07, 6.45) is 5.14. The van der Waals surface area contributed by atoms with E-state index in [0.717, 1.165) is 18.8 Å². The van der Waals surface area contributed by atoms with Crippen molar-refractivity contribution >= 4 is 28.8 Å². The van der Waals surface area contributed by atoms with E-state index >= 15 is 0 Å². The Kier molecular flexibility index (Phi) is 6.95. The first-order valence-corrected chi connectivity index (χ1v) is 12.8. The second-order valence-electron chi connectivity index (χ2n) is 9.68. The number of anilines is 2. The molecule has 3 aromatic rings. The van der Waals surface area contributed by atoms with Gasteiger partial charge in [0, 0.05) is 36.2 Å². The zero-order valence-corrected chi connectivity index (χ0v) is 21.1.